The largest absolute Gasteiger partial charge is 0.383 e. The smallest absolute Gasteiger partial charge is 0.268 e. The van der Waals surface area contributed by atoms with E-state index >= 15 is 0 Å². The standard InChI is InChI=1S/C21H28O5S/c1-19(2)15-10-11-21(19,17(22)12-15)13-27(24,25)26-18-9-8-14-6-4-5-7-16(14)20(18,3)23/h4-7,15,18,23H,8-13H2,1-3H3/t15?,18-,20-,21?/m0/s1. The summed E-state index contributed by atoms with van der Waals surface area (Å²) in [6.07, 6.45) is 2.21. The van der Waals surface area contributed by atoms with Gasteiger partial charge in [0.2, 0.25) is 0 Å². The number of hydrogen-bond donors (Lipinski definition) is 1. The molecule has 0 radical (unpaired) electrons. The van der Waals surface area contributed by atoms with E-state index in [2.05, 4.69) is 0 Å². The molecule has 3 aliphatic rings. The predicted octanol–water partition coefficient (Wildman–Crippen LogP) is 2.95. The van der Waals surface area contributed by atoms with E-state index in [-0.39, 0.29) is 22.9 Å². The van der Waals surface area contributed by atoms with Gasteiger partial charge in [-0.25, -0.2) is 0 Å². The first-order valence-corrected chi connectivity index (χ1v) is 11.3. The zero-order valence-electron chi connectivity index (χ0n) is 16.2. The lowest BCUT2D eigenvalue weighted by Crippen LogP contribution is -2.47. The summed E-state index contributed by atoms with van der Waals surface area (Å²) < 4.78 is 31.5. The zero-order chi connectivity index (χ0) is 19.7. The number of aryl methyl sites for hydroxylation is 1. The van der Waals surface area contributed by atoms with Crippen molar-refractivity contribution in [2.24, 2.45) is 16.7 Å². The summed E-state index contributed by atoms with van der Waals surface area (Å²) in [6.45, 7) is 5.63. The Morgan fingerprint density at radius 2 is 1.89 bits per heavy atom. The fraction of sp³-hybridized carbons (Fsp3) is 0.667. The molecule has 0 amide bonds. The lowest BCUT2D eigenvalue weighted by atomic mass is 9.70. The van der Waals surface area contributed by atoms with E-state index in [1.165, 1.54) is 0 Å². The third-order valence-electron chi connectivity index (χ3n) is 7.69. The molecule has 1 N–H and O–H groups in total. The van der Waals surface area contributed by atoms with Crippen LogP contribution >= 0.6 is 0 Å². The number of benzene rings is 1. The summed E-state index contributed by atoms with van der Waals surface area (Å²) in [6, 6.07) is 7.52. The SMILES string of the molecule is CC1(C)C2CCC1(CS(=O)(=O)O[C@H]1CCc3ccccc3[C@]1(C)O)C(=O)C2. The van der Waals surface area contributed by atoms with Crippen LogP contribution < -0.4 is 0 Å². The quantitative estimate of drug-likeness (QED) is 0.797. The van der Waals surface area contributed by atoms with Gasteiger partial charge < -0.3 is 5.11 Å². The number of carbonyl (C=O) groups is 1. The highest BCUT2D eigenvalue weighted by Crippen LogP contribution is 2.64. The number of rotatable bonds is 4. The third kappa shape index (κ3) is 2.71. The van der Waals surface area contributed by atoms with Gasteiger partial charge in [-0.1, -0.05) is 38.1 Å². The number of fused-ring (bicyclic) bond motifs is 3. The molecule has 2 unspecified atom stereocenters. The Morgan fingerprint density at radius 1 is 1.19 bits per heavy atom. The van der Waals surface area contributed by atoms with Gasteiger partial charge >= 0.3 is 0 Å². The molecule has 0 aromatic heterocycles. The van der Waals surface area contributed by atoms with Crippen molar-refractivity contribution in [2.75, 3.05) is 5.75 Å². The molecule has 27 heavy (non-hydrogen) atoms. The Morgan fingerprint density at radius 3 is 2.52 bits per heavy atom. The van der Waals surface area contributed by atoms with Crippen molar-refractivity contribution < 1.29 is 22.5 Å². The molecular formula is C21H28O5S. The summed E-state index contributed by atoms with van der Waals surface area (Å²) >= 11 is 0. The second-order valence-electron chi connectivity index (χ2n) is 9.30. The maximum atomic E-state index is 13.0. The Kier molecular flexibility index (Phi) is 4.16. The molecule has 2 saturated carbocycles. The van der Waals surface area contributed by atoms with E-state index in [1.54, 1.807) is 6.92 Å². The molecule has 3 aliphatic carbocycles. The number of Topliss-reactive ketones (excluding diaryl/α,β-unsaturated/α-hetero) is 1. The van der Waals surface area contributed by atoms with Crippen LogP contribution in [0.3, 0.4) is 0 Å². The fourth-order valence-electron chi connectivity index (χ4n) is 5.74. The van der Waals surface area contributed by atoms with Gasteiger partial charge in [0.25, 0.3) is 10.1 Å². The van der Waals surface area contributed by atoms with Crippen LogP contribution in [0, 0.1) is 16.7 Å². The summed E-state index contributed by atoms with van der Waals surface area (Å²) in [7, 11) is -3.97. The first-order valence-electron chi connectivity index (χ1n) is 9.75. The lowest BCUT2D eigenvalue weighted by molar-refractivity contribution is -0.128. The summed E-state index contributed by atoms with van der Waals surface area (Å²) in [5.41, 5.74) is -0.832. The number of hydrogen-bond acceptors (Lipinski definition) is 5. The Balaban J connectivity index is 1.59. The minimum absolute atomic E-state index is 0.0525. The van der Waals surface area contributed by atoms with E-state index in [9.17, 15) is 18.3 Å². The first-order chi connectivity index (χ1) is 12.5. The first kappa shape index (κ1) is 19.1. The van der Waals surface area contributed by atoms with Gasteiger partial charge in [-0.2, -0.15) is 8.42 Å². The van der Waals surface area contributed by atoms with E-state index in [4.69, 9.17) is 4.18 Å². The Bertz CT molecular complexity index is 886. The van der Waals surface area contributed by atoms with Crippen molar-refractivity contribution in [3.63, 3.8) is 0 Å². The van der Waals surface area contributed by atoms with Gasteiger partial charge in [0.05, 0.1) is 11.2 Å². The van der Waals surface area contributed by atoms with Crippen LogP contribution in [-0.4, -0.2) is 31.2 Å². The van der Waals surface area contributed by atoms with Crippen LogP contribution in [0.5, 0.6) is 0 Å². The molecule has 4 atom stereocenters. The van der Waals surface area contributed by atoms with Crippen LogP contribution in [0.15, 0.2) is 24.3 Å². The highest BCUT2D eigenvalue weighted by Gasteiger charge is 2.65. The maximum absolute atomic E-state index is 13.0. The molecule has 2 bridgehead atoms. The molecule has 0 spiro atoms. The second kappa shape index (κ2) is 5.88. The van der Waals surface area contributed by atoms with Crippen LogP contribution in [0.25, 0.3) is 0 Å². The molecular weight excluding hydrogens is 364 g/mol. The molecule has 0 saturated heterocycles. The number of carbonyl (C=O) groups excluding carboxylic acids is 1. The van der Waals surface area contributed by atoms with Gasteiger partial charge in [-0.3, -0.25) is 8.98 Å². The predicted molar refractivity (Wildman–Crippen MR) is 102 cm³/mol. The van der Waals surface area contributed by atoms with Crippen molar-refractivity contribution in [2.45, 2.75) is 64.6 Å². The highest BCUT2D eigenvalue weighted by molar-refractivity contribution is 7.86. The highest BCUT2D eigenvalue weighted by atomic mass is 32.2. The molecule has 2 fully saturated rings. The lowest BCUT2D eigenvalue weighted by Gasteiger charge is -2.40. The molecule has 0 heterocycles. The van der Waals surface area contributed by atoms with E-state index < -0.39 is 27.2 Å². The molecule has 1 aromatic carbocycles. The van der Waals surface area contributed by atoms with Gasteiger partial charge in [-0.15, -0.1) is 0 Å². The Hall–Kier alpha value is -1.24. The zero-order valence-corrected chi connectivity index (χ0v) is 17.0. The van der Waals surface area contributed by atoms with Gasteiger partial charge in [0.15, 0.2) is 0 Å². The second-order valence-corrected chi connectivity index (χ2v) is 10.9. The van der Waals surface area contributed by atoms with Crippen LogP contribution in [-0.2, 0) is 31.1 Å². The average molecular weight is 393 g/mol. The van der Waals surface area contributed by atoms with Crippen molar-refractivity contribution in [3.05, 3.63) is 35.4 Å². The van der Waals surface area contributed by atoms with Crippen molar-refractivity contribution in [3.8, 4) is 0 Å². The van der Waals surface area contributed by atoms with Gasteiger partial charge in [-0.05, 0) is 55.1 Å². The van der Waals surface area contributed by atoms with E-state index in [0.29, 0.717) is 31.2 Å². The summed E-state index contributed by atoms with van der Waals surface area (Å²) in [5.74, 6) is 0.0258. The topological polar surface area (TPSA) is 80.7 Å². The average Bonchev–Trinajstić information content (AvgIpc) is 2.91. The van der Waals surface area contributed by atoms with Crippen molar-refractivity contribution >= 4 is 15.9 Å². The normalized spacial score (nSPS) is 37.4. The molecule has 4 rings (SSSR count). The molecule has 5 nitrogen and oxygen atoms in total. The van der Waals surface area contributed by atoms with Crippen LogP contribution in [0.2, 0.25) is 0 Å². The number of ketones is 1. The molecule has 148 valence electrons. The van der Waals surface area contributed by atoms with Crippen LogP contribution in [0.4, 0.5) is 0 Å². The van der Waals surface area contributed by atoms with Gasteiger partial charge in [0, 0.05) is 6.42 Å². The Labute approximate surface area is 161 Å². The maximum Gasteiger partial charge on any atom is 0.268 e. The minimum atomic E-state index is -3.97. The summed E-state index contributed by atoms with van der Waals surface area (Å²) in [5, 5.41) is 11.0. The minimum Gasteiger partial charge on any atom is -0.383 e. The van der Waals surface area contributed by atoms with Gasteiger partial charge in [0.1, 0.15) is 17.5 Å². The molecule has 1 aromatic rings. The van der Waals surface area contributed by atoms with E-state index in [1.807, 2.05) is 38.1 Å². The third-order valence-corrected chi connectivity index (χ3v) is 9.06. The van der Waals surface area contributed by atoms with Crippen molar-refractivity contribution in [1.82, 2.24) is 0 Å². The van der Waals surface area contributed by atoms with Crippen LogP contribution in [0.1, 0.15) is 57.6 Å². The number of aliphatic hydroxyl groups is 1. The molecule has 0 aliphatic heterocycles. The van der Waals surface area contributed by atoms with Crippen molar-refractivity contribution in [1.29, 1.82) is 0 Å². The molecule has 6 heteroatoms. The fourth-order valence-corrected chi connectivity index (χ4v) is 7.72. The monoisotopic (exact) mass is 392 g/mol. The van der Waals surface area contributed by atoms with E-state index in [0.717, 1.165) is 12.0 Å². The summed E-state index contributed by atoms with van der Waals surface area (Å²) in [4.78, 5) is 12.7.